The Labute approximate surface area is 178 Å². The summed E-state index contributed by atoms with van der Waals surface area (Å²) in [5, 5.41) is 13.3. The molecule has 9 nitrogen and oxygen atoms in total. The van der Waals surface area contributed by atoms with Gasteiger partial charge in [0.25, 0.3) is 0 Å². The number of aromatic nitrogens is 1. The highest BCUT2D eigenvalue weighted by molar-refractivity contribution is 5.93. The summed E-state index contributed by atoms with van der Waals surface area (Å²) in [4.78, 5) is 41.4. The molecular weight excluding hydrogens is 409 g/mol. The van der Waals surface area contributed by atoms with Crippen LogP contribution in [0, 0.1) is 5.82 Å². The lowest BCUT2D eigenvalue weighted by Crippen LogP contribution is -2.37. The third kappa shape index (κ3) is 4.96. The zero-order valence-corrected chi connectivity index (χ0v) is 17.9. The van der Waals surface area contributed by atoms with Crippen LogP contribution in [-0.4, -0.2) is 46.5 Å². The van der Waals surface area contributed by atoms with Gasteiger partial charge in [0.2, 0.25) is 5.43 Å². The van der Waals surface area contributed by atoms with Gasteiger partial charge in [-0.15, -0.1) is 0 Å². The fourth-order valence-electron chi connectivity index (χ4n) is 3.38. The van der Waals surface area contributed by atoms with Gasteiger partial charge < -0.3 is 19.7 Å². The van der Waals surface area contributed by atoms with E-state index in [9.17, 15) is 23.9 Å². The number of aryl methyl sites for hydroxylation is 1. The van der Waals surface area contributed by atoms with Crippen molar-refractivity contribution in [3.05, 3.63) is 39.9 Å². The molecule has 31 heavy (non-hydrogen) atoms. The lowest BCUT2D eigenvalue weighted by Gasteiger charge is -2.22. The van der Waals surface area contributed by atoms with E-state index in [-0.39, 0.29) is 23.7 Å². The molecular formula is C21H26FN3O6. The number of carbonyl (C=O) groups is 2. The third-order valence-electron chi connectivity index (χ3n) is 4.79. The van der Waals surface area contributed by atoms with Crippen molar-refractivity contribution in [3.63, 3.8) is 0 Å². The van der Waals surface area contributed by atoms with Crippen LogP contribution in [0.4, 0.5) is 14.9 Å². The van der Waals surface area contributed by atoms with Gasteiger partial charge in [-0.2, -0.15) is 0 Å². The van der Waals surface area contributed by atoms with Crippen LogP contribution in [0.2, 0.25) is 0 Å². The summed E-state index contributed by atoms with van der Waals surface area (Å²) in [6.07, 6.45) is 0.872. The van der Waals surface area contributed by atoms with Crippen molar-refractivity contribution in [3.8, 4) is 0 Å². The second-order valence-corrected chi connectivity index (χ2v) is 8.28. The van der Waals surface area contributed by atoms with Crippen LogP contribution in [0.25, 0.3) is 10.9 Å². The van der Waals surface area contributed by atoms with Crippen LogP contribution in [0.3, 0.4) is 0 Å². The number of nitrogens with zero attached hydrogens (tertiary/aromatic N) is 2. The molecule has 0 bridgehead atoms. The van der Waals surface area contributed by atoms with Gasteiger partial charge in [0.15, 0.2) is 0 Å². The van der Waals surface area contributed by atoms with Crippen molar-refractivity contribution >= 4 is 28.7 Å². The lowest BCUT2D eigenvalue weighted by atomic mass is 10.1. The van der Waals surface area contributed by atoms with Gasteiger partial charge in [-0.05, 0) is 46.2 Å². The predicted octanol–water partition coefficient (Wildman–Crippen LogP) is 2.89. The van der Waals surface area contributed by atoms with Crippen molar-refractivity contribution in [2.45, 2.75) is 52.4 Å². The number of rotatable bonds is 5. The fraction of sp³-hybridized carbons (Fsp3) is 0.476. The molecule has 1 amide bonds. The quantitative estimate of drug-likeness (QED) is 0.743. The topological polar surface area (TPSA) is 110 Å². The zero-order valence-electron chi connectivity index (χ0n) is 17.9. The molecule has 2 aromatic rings. The average Bonchev–Trinajstić information content (AvgIpc) is 3.14. The molecule has 2 N–H and O–H groups in total. The van der Waals surface area contributed by atoms with Gasteiger partial charge in [-0.1, -0.05) is 0 Å². The van der Waals surface area contributed by atoms with Crippen molar-refractivity contribution in [2.75, 3.05) is 18.2 Å². The van der Waals surface area contributed by atoms with Crippen LogP contribution in [-0.2, 0) is 16.1 Å². The Morgan fingerprint density at radius 3 is 2.68 bits per heavy atom. The van der Waals surface area contributed by atoms with Crippen LogP contribution in [0.15, 0.2) is 23.1 Å². The number of nitrogens with one attached hydrogen (secondary N) is 1. The first kappa shape index (κ1) is 22.5. The van der Waals surface area contributed by atoms with Crippen LogP contribution in [0.1, 0.15) is 44.5 Å². The summed E-state index contributed by atoms with van der Waals surface area (Å²) in [5.74, 6) is -2.06. The molecule has 0 saturated carbocycles. The first-order valence-electron chi connectivity index (χ1n) is 10.0. The molecule has 1 aromatic carbocycles. The molecule has 1 aliphatic heterocycles. The Morgan fingerprint density at radius 1 is 1.35 bits per heavy atom. The molecule has 0 aliphatic carbocycles. The molecule has 1 fully saturated rings. The van der Waals surface area contributed by atoms with Gasteiger partial charge in [0.1, 0.15) is 28.8 Å². The number of hydrogen-bond acceptors (Lipinski definition) is 6. The minimum absolute atomic E-state index is 0.00895. The Bertz CT molecular complexity index is 1080. The predicted molar refractivity (Wildman–Crippen MR) is 112 cm³/mol. The van der Waals surface area contributed by atoms with E-state index in [1.807, 2.05) is 0 Å². The second-order valence-electron chi connectivity index (χ2n) is 8.28. The van der Waals surface area contributed by atoms with Crippen LogP contribution < -0.4 is 15.8 Å². The molecule has 1 aliphatic rings. The van der Waals surface area contributed by atoms with E-state index in [0.29, 0.717) is 25.0 Å². The second kappa shape index (κ2) is 8.54. The number of halogens is 1. The summed E-state index contributed by atoms with van der Waals surface area (Å²) in [7, 11) is 0. The zero-order chi connectivity index (χ0) is 22.9. The number of fused-ring (bicyclic) bond motifs is 1. The normalized spacial score (nSPS) is 16.5. The lowest BCUT2D eigenvalue weighted by molar-refractivity contribution is 0.0443. The summed E-state index contributed by atoms with van der Waals surface area (Å²) in [6.45, 7) is 8.05. The minimum Gasteiger partial charge on any atom is -0.477 e. The number of amides is 1. The number of aromatic carboxylic acids is 1. The Balaban J connectivity index is 1.81. The molecule has 1 aromatic heterocycles. The van der Waals surface area contributed by atoms with Gasteiger partial charge in [-0.25, -0.2) is 14.0 Å². The number of benzene rings is 1. The van der Waals surface area contributed by atoms with Gasteiger partial charge in [0, 0.05) is 31.2 Å². The highest BCUT2D eigenvalue weighted by Gasteiger charge is 2.28. The summed E-state index contributed by atoms with van der Waals surface area (Å²) in [6, 6.07) is 2.52. The molecule has 1 unspecified atom stereocenters. The number of ether oxygens (including phenoxy) is 1. The Hall–Kier alpha value is -3.14. The van der Waals surface area contributed by atoms with E-state index in [4.69, 9.17) is 9.57 Å². The first-order valence-corrected chi connectivity index (χ1v) is 10.0. The highest BCUT2D eigenvalue weighted by atomic mass is 19.1. The molecule has 168 valence electrons. The molecule has 10 heteroatoms. The van der Waals surface area contributed by atoms with E-state index in [2.05, 4.69) is 5.32 Å². The van der Waals surface area contributed by atoms with E-state index in [1.165, 1.54) is 17.3 Å². The number of carboxylic acids is 1. The van der Waals surface area contributed by atoms with Crippen molar-refractivity contribution in [1.29, 1.82) is 0 Å². The first-order chi connectivity index (χ1) is 14.5. The molecule has 2 heterocycles. The molecule has 0 radical (unpaired) electrons. The summed E-state index contributed by atoms with van der Waals surface area (Å²) >= 11 is 0. The van der Waals surface area contributed by atoms with Gasteiger partial charge in [0.05, 0.1) is 5.52 Å². The van der Waals surface area contributed by atoms with Gasteiger partial charge >= 0.3 is 12.1 Å². The Morgan fingerprint density at radius 2 is 2.06 bits per heavy atom. The van der Waals surface area contributed by atoms with E-state index in [0.717, 1.165) is 6.07 Å². The molecule has 0 spiro atoms. The third-order valence-corrected chi connectivity index (χ3v) is 4.79. The van der Waals surface area contributed by atoms with E-state index in [1.54, 1.807) is 32.3 Å². The smallest absolute Gasteiger partial charge is 0.407 e. The SMILES string of the molecule is CCn1cc(C(=O)O)c(=O)c2cc(F)c(N3CCC(CNC(=O)OC(C)(C)C)O3)cc21. The molecule has 1 saturated heterocycles. The van der Waals surface area contributed by atoms with Crippen molar-refractivity contribution in [2.24, 2.45) is 0 Å². The molecule has 1 atom stereocenters. The average molecular weight is 435 g/mol. The van der Waals surface area contributed by atoms with Crippen molar-refractivity contribution < 1.29 is 28.7 Å². The maximum absolute atomic E-state index is 14.8. The maximum atomic E-state index is 14.8. The monoisotopic (exact) mass is 435 g/mol. The minimum atomic E-state index is -1.36. The fourth-order valence-corrected chi connectivity index (χ4v) is 3.38. The number of pyridine rings is 1. The standard InChI is InChI=1S/C21H26FN3O6/c1-5-24-11-14(19(27)28)18(26)13-8-15(22)17(9-16(13)24)25-7-6-12(31-25)10-23-20(29)30-21(2,3)4/h8-9,11-12H,5-7,10H2,1-4H3,(H,23,29)(H,27,28). The van der Waals surface area contributed by atoms with Crippen LogP contribution >= 0.6 is 0 Å². The van der Waals surface area contributed by atoms with Crippen LogP contribution in [0.5, 0.6) is 0 Å². The summed E-state index contributed by atoms with van der Waals surface area (Å²) in [5.41, 5.74) is -1.22. The number of hydroxylamine groups is 1. The largest absolute Gasteiger partial charge is 0.477 e. The van der Waals surface area contributed by atoms with Crippen molar-refractivity contribution in [1.82, 2.24) is 9.88 Å². The summed E-state index contributed by atoms with van der Waals surface area (Å²) < 4.78 is 21.6. The van der Waals surface area contributed by atoms with E-state index < -0.39 is 34.5 Å². The van der Waals surface area contributed by atoms with E-state index >= 15 is 0 Å². The number of carboxylic acid groups (broad SMARTS) is 1. The Kier molecular flexibility index (Phi) is 6.21. The molecule has 3 rings (SSSR count). The highest BCUT2D eigenvalue weighted by Crippen LogP contribution is 2.29. The number of carbonyl (C=O) groups excluding carboxylic acids is 1. The maximum Gasteiger partial charge on any atom is 0.407 e. The van der Waals surface area contributed by atoms with Gasteiger partial charge in [-0.3, -0.25) is 14.7 Å². The number of alkyl carbamates (subject to hydrolysis) is 1. The number of anilines is 1. The number of hydrogen-bond donors (Lipinski definition) is 2.